The number of aromatic nitrogens is 12. The van der Waals surface area contributed by atoms with Crippen LogP contribution in [0.2, 0.25) is 0 Å². The topological polar surface area (TPSA) is 289 Å². The van der Waals surface area contributed by atoms with Crippen LogP contribution in [0.1, 0.15) is 141 Å². The van der Waals surface area contributed by atoms with Crippen LogP contribution < -0.4 is 42.5 Å². The number of benzene rings is 8. The molecule has 0 bridgehead atoms. The molecule has 4 amide bonds. The van der Waals surface area contributed by atoms with Crippen molar-refractivity contribution in [2.75, 3.05) is 47.9 Å². The lowest BCUT2D eigenvalue weighted by Crippen LogP contribution is -2.39. The summed E-state index contributed by atoms with van der Waals surface area (Å²) < 4.78 is 67.1. The van der Waals surface area contributed by atoms with Gasteiger partial charge in [0.15, 0.2) is 22.6 Å². The van der Waals surface area contributed by atoms with Crippen LogP contribution in [-0.4, -0.2) is 132 Å². The van der Waals surface area contributed by atoms with Gasteiger partial charge in [-0.15, -0.1) is 0 Å². The second kappa shape index (κ2) is 42.6. The van der Waals surface area contributed by atoms with E-state index in [0.717, 1.165) is 85.3 Å². The second-order valence-electron chi connectivity index (χ2n) is 33.2. The van der Waals surface area contributed by atoms with Gasteiger partial charge in [0.05, 0.1) is 65.5 Å². The van der Waals surface area contributed by atoms with E-state index in [2.05, 4.69) is 159 Å². The Hall–Kier alpha value is -13.1. The summed E-state index contributed by atoms with van der Waals surface area (Å²) >= 11 is 13.9. The third-order valence-electron chi connectivity index (χ3n) is 23.9. The van der Waals surface area contributed by atoms with E-state index in [1.807, 2.05) is 97.1 Å². The first kappa shape index (κ1) is 91.8. The lowest BCUT2D eigenvalue weighted by Gasteiger charge is -2.26. The molecule has 33 heteroatoms. The first-order valence-electron chi connectivity index (χ1n) is 44.1. The van der Waals surface area contributed by atoms with Crippen LogP contribution >= 0.6 is 63.7 Å². The highest BCUT2D eigenvalue weighted by molar-refractivity contribution is 9.11. The maximum atomic E-state index is 14.4. The lowest BCUT2D eigenvalue weighted by molar-refractivity contribution is 0.0912. The summed E-state index contributed by atoms with van der Waals surface area (Å²) in [6, 6.07) is 64.7. The number of fused-ring (bicyclic) bond motifs is 4. The fourth-order valence-electron chi connectivity index (χ4n) is 16.0. The number of anilines is 4. The molecular formula is C100H93Br4F4N21O4. The highest BCUT2D eigenvalue weighted by Gasteiger charge is 2.27. The van der Waals surface area contributed by atoms with E-state index in [1.54, 1.807) is 140 Å². The van der Waals surface area contributed by atoms with Gasteiger partial charge in [0.25, 0.3) is 23.6 Å². The molecule has 0 radical (unpaired) electrons. The molecule has 678 valence electrons. The summed E-state index contributed by atoms with van der Waals surface area (Å²) in [5.41, 5.74) is 12.8. The Labute approximate surface area is 797 Å². The average Bonchev–Trinajstić information content (AvgIpc) is 1.69. The van der Waals surface area contributed by atoms with Gasteiger partial charge >= 0.3 is 0 Å². The van der Waals surface area contributed by atoms with Gasteiger partial charge in [-0.25, -0.2) is 37.5 Å². The number of nitrogens with one attached hydrogen (secondary N) is 8. The Morgan fingerprint density at radius 2 is 0.647 bits per heavy atom. The van der Waals surface area contributed by atoms with Gasteiger partial charge in [0.1, 0.15) is 46.5 Å². The Kier molecular flexibility index (Phi) is 29.4. The number of hydrogen-bond donors (Lipinski definition) is 8. The monoisotopic (exact) mass is 2040 g/mol. The molecule has 4 fully saturated rings. The minimum absolute atomic E-state index is 0.0202. The number of carbonyl (C=O) groups excluding carboxylic acids is 4. The molecule has 8 aromatic carbocycles. The highest BCUT2D eigenvalue weighted by atomic mass is 79.9. The summed E-state index contributed by atoms with van der Waals surface area (Å²) in [5.74, 6) is 1.92. The van der Waals surface area contributed by atoms with Crippen molar-refractivity contribution >= 4 is 133 Å². The van der Waals surface area contributed by atoms with Crippen molar-refractivity contribution in [1.82, 2.24) is 84.6 Å². The van der Waals surface area contributed by atoms with Gasteiger partial charge < -0.3 is 47.4 Å². The number of carbonyl (C=O) groups is 4. The standard InChI is InChI=1S/C27H28BrFN6O.C25H23BrFN5O.2C24H21BrFN5O/c1-34-14-4-5-20(34)12-13-30-27(36)19-10-8-18(9-11-19)16-31-25-15-24(21-6-2-3-7-23(21)29)33-26-22(28)17-32-35(25)26;26-20-15-29-32-23(13-22(31-24(20)32)19-7-3-4-8-21(19)27)28-14-16-9-11-17(12-10-16)25(33)30-18-5-1-2-6-18;25-19-14-28-31-22(12-21(30-23(19)31)18-6-1-2-7-20(18)26)27-13-15-8-10-16(11-9-15)24(32)29-17-4-3-5-17;25-19-14-29-31-22(11-21(30-23(19)31)18-3-1-2-4-20(18)26)27-12-16-7-9-17(10-8-16)24(32)28-13-15-5-6-15/h2-3,6-11,15,17,20,31H,4-5,12-14,16H2,1H3,(H,30,36);3-4,7-13,15,18,28H,1-2,5-6,14H2,(H,30,33);1-2,6-12,14,17,27H,3-5,13H2,(H,29,32);1-4,7-11,14-15,27H,5-6,12-13H2,(H,28,32). The molecule has 4 aliphatic rings. The number of nitrogens with zero attached hydrogens (tertiary/aromatic N) is 13. The van der Waals surface area contributed by atoms with Crippen LogP contribution in [0.5, 0.6) is 0 Å². The largest absolute Gasteiger partial charge is 0.366 e. The Morgan fingerprint density at radius 1 is 0.353 bits per heavy atom. The molecule has 9 heterocycles. The predicted molar refractivity (Wildman–Crippen MR) is 522 cm³/mol. The number of hydrogen-bond acceptors (Lipinski definition) is 17. The van der Waals surface area contributed by atoms with E-state index in [1.165, 1.54) is 69.2 Å². The zero-order valence-corrected chi connectivity index (χ0v) is 78.7. The number of halogens is 8. The molecule has 1 saturated heterocycles. The van der Waals surface area contributed by atoms with Gasteiger partial charge in [0.2, 0.25) is 0 Å². The summed E-state index contributed by atoms with van der Waals surface area (Å²) in [6.07, 6.45) is 20.3. The molecule has 3 saturated carbocycles. The smallest absolute Gasteiger partial charge is 0.251 e. The summed E-state index contributed by atoms with van der Waals surface area (Å²) in [4.78, 5) is 70.2. The van der Waals surface area contributed by atoms with Gasteiger partial charge in [-0.05, 0) is 267 Å². The molecule has 20 rings (SSSR count). The van der Waals surface area contributed by atoms with Crippen molar-refractivity contribution < 1.29 is 36.7 Å². The zero-order valence-electron chi connectivity index (χ0n) is 72.3. The Morgan fingerprint density at radius 3 is 0.925 bits per heavy atom. The number of amides is 4. The maximum Gasteiger partial charge on any atom is 0.251 e. The van der Waals surface area contributed by atoms with Gasteiger partial charge in [0, 0.05) is 126 Å². The summed E-state index contributed by atoms with van der Waals surface area (Å²) in [5, 5.41) is 43.1. The molecule has 1 atom stereocenters. The van der Waals surface area contributed by atoms with Crippen molar-refractivity contribution in [2.45, 2.75) is 121 Å². The number of rotatable bonds is 27. The molecule has 8 aromatic heterocycles. The fourth-order valence-corrected chi connectivity index (χ4v) is 17.4. The van der Waals surface area contributed by atoms with Crippen LogP contribution in [0.25, 0.3) is 67.6 Å². The van der Waals surface area contributed by atoms with Crippen LogP contribution in [0.3, 0.4) is 0 Å². The van der Waals surface area contributed by atoms with E-state index in [-0.39, 0.29) is 46.9 Å². The van der Waals surface area contributed by atoms with Crippen LogP contribution in [0.15, 0.2) is 261 Å². The minimum Gasteiger partial charge on any atom is -0.366 e. The molecule has 133 heavy (non-hydrogen) atoms. The van der Waals surface area contributed by atoms with E-state index in [0.29, 0.717) is 170 Å². The lowest BCUT2D eigenvalue weighted by atomic mass is 9.93. The first-order chi connectivity index (χ1) is 64.7. The fraction of sp³-hybridized carbons (Fsp3) is 0.240. The van der Waals surface area contributed by atoms with E-state index in [9.17, 15) is 36.7 Å². The normalized spacial score (nSPS) is 14.3. The molecule has 8 N–H and O–H groups in total. The molecule has 16 aromatic rings. The molecule has 25 nitrogen and oxygen atoms in total. The second-order valence-corrected chi connectivity index (χ2v) is 36.6. The predicted octanol–water partition coefficient (Wildman–Crippen LogP) is 20.9. The zero-order chi connectivity index (χ0) is 92.0. The minimum atomic E-state index is -0.333. The summed E-state index contributed by atoms with van der Waals surface area (Å²) in [6.45, 7) is 4.61. The average molecular weight is 2050 g/mol. The van der Waals surface area contributed by atoms with Crippen molar-refractivity contribution in [3.8, 4) is 45.0 Å². The molecule has 1 aliphatic heterocycles. The maximum absolute atomic E-state index is 14.4. The van der Waals surface area contributed by atoms with E-state index >= 15 is 0 Å². The quantitative estimate of drug-likeness (QED) is 0.0222. The summed E-state index contributed by atoms with van der Waals surface area (Å²) in [7, 11) is 2.15. The highest BCUT2D eigenvalue weighted by Crippen LogP contribution is 2.35. The van der Waals surface area contributed by atoms with Gasteiger partial charge in [-0.1, -0.05) is 110 Å². The van der Waals surface area contributed by atoms with Crippen molar-refractivity contribution in [1.29, 1.82) is 0 Å². The van der Waals surface area contributed by atoms with E-state index < -0.39 is 0 Å². The van der Waals surface area contributed by atoms with Crippen LogP contribution in [-0.2, 0) is 26.2 Å². The number of likely N-dealkylation sites (tertiary alicyclic amines) is 1. The molecule has 0 spiro atoms. The SMILES string of the molecule is CN1CCCC1CCNC(=O)c1ccc(CNc2cc(-c3ccccc3F)nc3c(Br)cnn23)cc1.O=C(NC1CCC1)c1ccc(CNc2cc(-c3ccccc3F)nc3c(Br)cnn23)cc1.O=C(NC1CCCC1)c1ccc(CNc2cc(-c3ccccc3F)nc3c(Br)cnn23)cc1.O=C(NCC1CC1)c1ccc(CNc2cc(-c3ccccc3F)nc3c(Br)cnn23)cc1. The third-order valence-corrected chi connectivity index (χ3v) is 26.1. The van der Waals surface area contributed by atoms with E-state index in [4.69, 9.17) is 0 Å². The van der Waals surface area contributed by atoms with Gasteiger partial charge in [-0.3, -0.25) is 19.2 Å². The first-order valence-corrected chi connectivity index (χ1v) is 47.3. The van der Waals surface area contributed by atoms with Gasteiger partial charge in [-0.2, -0.15) is 38.5 Å². The molecule has 1 unspecified atom stereocenters. The van der Waals surface area contributed by atoms with Crippen LogP contribution in [0, 0.1) is 29.2 Å². The van der Waals surface area contributed by atoms with Crippen molar-refractivity contribution in [2.24, 2.45) is 5.92 Å². The molecular weight excluding hydrogens is 1950 g/mol. The Balaban J connectivity index is 0.000000124. The van der Waals surface area contributed by atoms with Crippen molar-refractivity contribution in [3.05, 3.63) is 329 Å². The van der Waals surface area contributed by atoms with Crippen LogP contribution in [0.4, 0.5) is 40.8 Å². The molecule has 3 aliphatic carbocycles. The van der Waals surface area contributed by atoms with Crippen molar-refractivity contribution in [3.63, 3.8) is 0 Å². The third kappa shape index (κ3) is 22.6. The Bertz CT molecular complexity index is 6870.